The highest BCUT2D eigenvalue weighted by atomic mass is 16.7. The Morgan fingerprint density at radius 2 is 0.695 bits per heavy atom. The number of para-hydroxylation sites is 2. The predicted octanol–water partition coefficient (Wildman–Crippen LogP) is 7.01. The number of carbonyl (C=O) groups excluding carboxylic acids is 2. The maximum absolute atomic E-state index is 13.5. The number of hydrogen-bond donors (Lipinski definition) is 2. The Bertz CT molecular complexity index is 1520. The zero-order valence-corrected chi connectivity index (χ0v) is 32.5. The summed E-state index contributed by atoms with van der Waals surface area (Å²) in [7, 11) is 0. The Morgan fingerprint density at radius 1 is 0.441 bits per heavy atom. The zero-order chi connectivity index (χ0) is 43.8. The van der Waals surface area contributed by atoms with Gasteiger partial charge in [-0.15, -0.1) is 0 Å². The van der Waals surface area contributed by atoms with Gasteiger partial charge in [0.1, 0.15) is 12.1 Å². The van der Waals surface area contributed by atoms with E-state index in [1.807, 2.05) is 0 Å². The first-order valence-electron chi connectivity index (χ1n) is 19.3. The van der Waals surface area contributed by atoms with E-state index < -0.39 is 78.0 Å². The number of nitrogens with zero attached hydrogens (tertiary/aromatic N) is 6. The van der Waals surface area contributed by atoms with Gasteiger partial charge in [0.15, 0.2) is 42.4 Å². The fourth-order valence-corrected chi connectivity index (χ4v) is 6.35. The Morgan fingerprint density at radius 3 is 0.966 bits per heavy atom. The molecule has 59 heavy (non-hydrogen) atoms. The van der Waals surface area contributed by atoms with Gasteiger partial charge in [-0.1, -0.05) is 113 Å². The number of nitrogens with one attached hydrogen (secondary N) is 2. The Kier molecular flexibility index (Phi) is 20.7. The molecule has 0 saturated carbocycles. The van der Waals surface area contributed by atoms with Gasteiger partial charge in [0.25, 0.3) is 0 Å². The molecule has 324 valence electrons. The lowest BCUT2D eigenvalue weighted by Gasteiger charge is -2.21. The van der Waals surface area contributed by atoms with Crippen LogP contribution in [-0.2, 0) is 14.3 Å². The van der Waals surface area contributed by atoms with E-state index >= 15 is 0 Å². The summed E-state index contributed by atoms with van der Waals surface area (Å²) in [5.41, 5.74) is 1.26. The lowest BCUT2D eigenvalue weighted by molar-refractivity contribution is -0.970. The maximum atomic E-state index is 13.5. The van der Waals surface area contributed by atoms with Crippen molar-refractivity contribution in [3.63, 3.8) is 0 Å². The number of benzene rings is 2. The van der Waals surface area contributed by atoms with Crippen LogP contribution in [0.5, 0.6) is 0 Å². The minimum absolute atomic E-state index is 0.0768. The van der Waals surface area contributed by atoms with Crippen molar-refractivity contribution in [2.75, 3.05) is 10.6 Å². The molecule has 0 aliphatic heterocycles. The molecule has 0 aromatic heterocycles. The van der Waals surface area contributed by atoms with Crippen LogP contribution in [0, 0.1) is 60.7 Å². The minimum atomic E-state index is -3.46. The van der Waals surface area contributed by atoms with Crippen LogP contribution in [0.4, 0.5) is 11.4 Å². The fourth-order valence-electron chi connectivity index (χ4n) is 6.35. The van der Waals surface area contributed by atoms with Gasteiger partial charge in [0.05, 0.1) is 0 Å². The molecule has 23 nitrogen and oxygen atoms in total. The average Bonchev–Trinajstić information content (AvgIpc) is 3.18. The number of anilines is 2. The van der Waals surface area contributed by atoms with Gasteiger partial charge in [-0.25, -0.2) is 9.59 Å². The van der Waals surface area contributed by atoms with Gasteiger partial charge < -0.3 is 15.4 Å². The third-order valence-corrected chi connectivity index (χ3v) is 9.76. The van der Waals surface area contributed by atoms with Crippen LogP contribution in [0.3, 0.4) is 0 Å². The van der Waals surface area contributed by atoms with E-state index in [0.717, 1.165) is 0 Å². The van der Waals surface area contributed by atoms with Crippen molar-refractivity contribution in [1.82, 2.24) is 0 Å². The SMILES string of the molecule is O=C(OC(=O)C(CCCCCCCCCC([N+](=O)[O-])([N+](=O)[O-])[N+](=O)[O-])Nc1ccccc1)C(CCCCCCCCCC([N+](=O)[O-])([N+](=O)[O-])[N+](=O)[O-])Nc1ccccc1. The number of unbranched alkanes of at least 4 members (excludes halogenated alkanes) is 12. The topological polar surface area (TPSA) is 326 Å². The normalized spacial score (nSPS) is 12.4. The van der Waals surface area contributed by atoms with Crippen LogP contribution < -0.4 is 10.6 Å². The van der Waals surface area contributed by atoms with Crippen molar-refractivity contribution in [2.45, 2.75) is 139 Å². The average molecular weight is 835 g/mol. The molecule has 2 aromatic carbocycles. The second-order valence-corrected chi connectivity index (χ2v) is 14.0. The molecule has 0 amide bonds. The Labute approximate surface area is 338 Å². The largest absolute Gasteiger partial charge is 0.699 e. The zero-order valence-electron chi connectivity index (χ0n) is 32.5. The molecule has 0 aliphatic rings. The van der Waals surface area contributed by atoms with Gasteiger partial charge in [-0.3, -0.25) is 60.7 Å². The molecular formula is C36H50N8O15. The lowest BCUT2D eigenvalue weighted by Crippen LogP contribution is -2.53. The van der Waals surface area contributed by atoms with Gasteiger partial charge in [-0.05, 0) is 49.9 Å². The molecule has 0 radical (unpaired) electrons. The van der Waals surface area contributed by atoms with E-state index in [-0.39, 0.29) is 12.8 Å². The first-order chi connectivity index (χ1) is 28.1. The van der Waals surface area contributed by atoms with Gasteiger partial charge >= 0.3 is 23.5 Å². The lowest BCUT2D eigenvalue weighted by atomic mass is 10.0. The number of ether oxygens (including phenoxy) is 1. The fraction of sp³-hybridized carbons (Fsp3) is 0.611. The highest BCUT2D eigenvalue weighted by molar-refractivity contribution is 5.93. The summed E-state index contributed by atoms with van der Waals surface area (Å²) < 4.78 is 5.43. The summed E-state index contributed by atoms with van der Waals surface area (Å²) >= 11 is 0. The maximum Gasteiger partial charge on any atom is 0.699 e. The molecule has 2 atom stereocenters. The summed E-state index contributed by atoms with van der Waals surface area (Å²) in [6, 6.07) is 16.0. The Hall–Kier alpha value is -6.42. The molecule has 0 saturated heterocycles. The number of rotatable bonds is 32. The van der Waals surface area contributed by atoms with E-state index in [1.165, 1.54) is 0 Å². The van der Waals surface area contributed by atoms with Crippen molar-refractivity contribution >= 4 is 23.3 Å². The number of nitro groups is 6. The summed E-state index contributed by atoms with van der Waals surface area (Å²) in [6.45, 7) is 0. The van der Waals surface area contributed by atoms with Gasteiger partial charge in [0.2, 0.25) is 0 Å². The predicted molar refractivity (Wildman–Crippen MR) is 209 cm³/mol. The van der Waals surface area contributed by atoms with Crippen LogP contribution in [0.2, 0.25) is 0 Å². The van der Waals surface area contributed by atoms with E-state index in [2.05, 4.69) is 10.6 Å². The van der Waals surface area contributed by atoms with Crippen LogP contribution in [0.15, 0.2) is 60.7 Å². The standard InChI is InChI=1S/C36H50N8O15/c45-33(31(37-29-21-13-11-14-22-29)25-17-7-3-1-5-9-19-27-35(39(47)48,40(49)50)41(51)52)59-34(46)32(38-30-23-15-12-16-24-30)26-18-8-4-2-6-10-20-28-36(42(53)54,43(55)56)44(57)58/h11-16,21-24,31-32,37-38H,1-10,17-20,25-28H2. The number of esters is 2. The Balaban J connectivity index is 1.90. The highest BCUT2D eigenvalue weighted by Crippen LogP contribution is 2.24. The molecule has 23 heteroatoms. The molecular weight excluding hydrogens is 784 g/mol. The first-order valence-corrected chi connectivity index (χ1v) is 19.3. The van der Waals surface area contributed by atoms with Gasteiger partial charge in [0, 0.05) is 11.4 Å². The highest BCUT2D eigenvalue weighted by Gasteiger charge is 2.70. The molecule has 2 rings (SSSR count). The monoisotopic (exact) mass is 834 g/mol. The summed E-state index contributed by atoms with van der Waals surface area (Å²) in [4.78, 5) is 84.7. The third kappa shape index (κ3) is 15.1. The van der Waals surface area contributed by atoms with E-state index in [1.54, 1.807) is 60.7 Å². The summed E-state index contributed by atoms with van der Waals surface area (Å²) in [6.07, 6.45) is 5.58. The first kappa shape index (κ1) is 48.7. The summed E-state index contributed by atoms with van der Waals surface area (Å²) in [5, 5.41) is 72.9. The molecule has 2 unspecified atom stereocenters. The molecule has 0 fully saturated rings. The van der Waals surface area contributed by atoms with Crippen molar-refractivity contribution in [3.05, 3.63) is 121 Å². The second-order valence-electron chi connectivity index (χ2n) is 14.0. The van der Waals surface area contributed by atoms with Crippen LogP contribution in [0.25, 0.3) is 0 Å². The van der Waals surface area contributed by atoms with Crippen molar-refractivity contribution < 1.29 is 43.9 Å². The quantitative estimate of drug-likeness (QED) is 0.0187. The molecule has 0 bridgehead atoms. The minimum Gasteiger partial charge on any atom is -0.390 e. The molecule has 0 spiro atoms. The third-order valence-electron chi connectivity index (χ3n) is 9.76. The smallest absolute Gasteiger partial charge is 0.390 e. The van der Waals surface area contributed by atoms with Crippen molar-refractivity contribution in [2.24, 2.45) is 0 Å². The molecule has 2 aromatic rings. The number of hydrogen-bond acceptors (Lipinski definition) is 17. The van der Waals surface area contributed by atoms with E-state index in [9.17, 15) is 70.3 Å². The van der Waals surface area contributed by atoms with Crippen LogP contribution >= 0.6 is 0 Å². The number of carbonyl (C=O) groups is 2. The molecule has 0 heterocycles. The van der Waals surface area contributed by atoms with Gasteiger partial charge in [-0.2, -0.15) is 0 Å². The van der Waals surface area contributed by atoms with Crippen molar-refractivity contribution in [3.8, 4) is 0 Å². The van der Waals surface area contributed by atoms with E-state index in [0.29, 0.717) is 101 Å². The van der Waals surface area contributed by atoms with Crippen LogP contribution in [-0.4, -0.2) is 65.1 Å². The van der Waals surface area contributed by atoms with Crippen LogP contribution in [0.1, 0.15) is 116 Å². The summed E-state index contributed by atoms with van der Waals surface area (Å²) in [5.74, 6) is -8.48. The molecule has 2 N–H and O–H groups in total. The molecule has 0 aliphatic carbocycles. The second kappa shape index (κ2) is 25.0. The van der Waals surface area contributed by atoms with E-state index in [4.69, 9.17) is 4.74 Å². The van der Waals surface area contributed by atoms with Crippen molar-refractivity contribution in [1.29, 1.82) is 0 Å².